The molecule has 3 heteroatoms. The third kappa shape index (κ3) is 1.54. The van der Waals surface area contributed by atoms with Crippen molar-refractivity contribution in [3.8, 4) is 11.1 Å². The number of ketones is 1. The van der Waals surface area contributed by atoms with Gasteiger partial charge in [-0.1, -0.05) is 48.5 Å². The van der Waals surface area contributed by atoms with Gasteiger partial charge in [-0.15, -0.1) is 0 Å². The molecule has 0 saturated heterocycles. The van der Waals surface area contributed by atoms with Gasteiger partial charge in [-0.2, -0.15) is 0 Å². The smallest absolute Gasteiger partial charge is 0.194 e. The van der Waals surface area contributed by atoms with E-state index in [0.29, 0.717) is 21.5 Å². The molecule has 4 aromatic rings. The fraction of sp³-hybridized carbons (Fsp3) is 0. The summed E-state index contributed by atoms with van der Waals surface area (Å²) in [4.78, 5) is 12.7. The number of carbonyl (C=O) groups is 1. The van der Waals surface area contributed by atoms with Crippen molar-refractivity contribution in [2.75, 3.05) is 0 Å². The lowest BCUT2D eigenvalue weighted by Crippen LogP contribution is -1.96. The van der Waals surface area contributed by atoms with Crippen molar-refractivity contribution < 1.29 is 13.6 Å². The van der Waals surface area contributed by atoms with Crippen LogP contribution in [0.4, 0.5) is 8.78 Å². The van der Waals surface area contributed by atoms with Crippen molar-refractivity contribution in [1.82, 2.24) is 0 Å². The van der Waals surface area contributed by atoms with Crippen LogP contribution in [0.5, 0.6) is 0 Å². The van der Waals surface area contributed by atoms with Gasteiger partial charge in [-0.05, 0) is 22.9 Å². The largest absolute Gasteiger partial charge is 0.289 e. The molecule has 24 heavy (non-hydrogen) atoms. The first-order valence-electron chi connectivity index (χ1n) is 7.64. The summed E-state index contributed by atoms with van der Waals surface area (Å²) >= 11 is 0. The first-order valence-corrected chi connectivity index (χ1v) is 7.64. The Bertz CT molecular complexity index is 1100. The minimum atomic E-state index is -0.538. The minimum Gasteiger partial charge on any atom is -0.289 e. The van der Waals surface area contributed by atoms with Gasteiger partial charge in [-0.25, -0.2) is 8.78 Å². The zero-order valence-corrected chi connectivity index (χ0v) is 12.4. The van der Waals surface area contributed by atoms with Crippen molar-refractivity contribution in [2.24, 2.45) is 0 Å². The van der Waals surface area contributed by atoms with E-state index in [4.69, 9.17) is 0 Å². The fourth-order valence-corrected chi connectivity index (χ4v) is 3.60. The van der Waals surface area contributed by atoms with Gasteiger partial charge in [0.15, 0.2) is 5.78 Å². The summed E-state index contributed by atoms with van der Waals surface area (Å²) in [6.45, 7) is 0. The van der Waals surface area contributed by atoms with Crippen molar-refractivity contribution in [3.63, 3.8) is 0 Å². The Morgan fingerprint density at radius 3 is 1.50 bits per heavy atom. The lowest BCUT2D eigenvalue weighted by atomic mass is 9.97. The molecule has 0 aromatic heterocycles. The summed E-state index contributed by atoms with van der Waals surface area (Å²) in [5.41, 5.74) is 0.625. The average Bonchev–Trinajstić information content (AvgIpc) is 2.89. The Balaban J connectivity index is 1.99. The van der Waals surface area contributed by atoms with Crippen LogP contribution < -0.4 is 0 Å². The van der Waals surface area contributed by atoms with Crippen LogP contribution in [0, 0.1) is 11.6 Å². The van der Waals surface area contributed by atoms with Crippen LogP contribution >= 0.6 is 0 Å². The van der Waals surface area contributed by atoms with Crippen molar-refractivity contribution >= 4 is 27.3 Å². The van der Waals surface area contributed by atoms with E-state index in [0.717, 1.165) is 0 Å². The van der Waals surface area contributed by atoms with Gasteiger partial charge in [0.1, 0.15) is 11.6 Å². The number of rotatable bonds is 0. The Morgan fingerprint density at radius 2 is 1.04 bits per heavy atom. The van der Waals surface area contributed by atoms with Gasteiger partial charge >= 0.3 is 0 Å². The van der Waals surface area contributed by atoms with Gasteiger partial charge in [0.05, 0.1) is 0 Å². The van der Waals surface area contributed by atoms with E-state index in [2.05, 4.69) is 0 Å². The molecule has 0 radical (unpaired) electrons. The second-order valence-corrected chi connectivity index (χ2v) is 6.00. The molecule has 0 bridgehead atoms. The predicted molar refractivity (Wildman–Crippen MR) is 90.2 cm³/mol. The summed E-state index contributed by atoms with van der Waals surface area (Å²) in [6, 6.07) is 17.1. The summed E-state index contributed by atoms with van der Waals surface area (Å²) < 4.78 is 30.2. The summed E-state index contributed by atoms with van der Waals surface area (Å²) in [7, 11) is 0. The molecular formula is C21H10F2O. The van der Waals surface area contributed by atoms with Crippen LogP contribution in [-0.2, 0) is 0 Å². The molecule has 0 saturated carbocycles. The van der Waals surface area contributed by atoms with Crippen molar-refractivity contribution in [3.05, 3.63) is 83.4 Å². The van der Waals surface area contributed by atoms with E-state index in [1.807, 2.05) is 0 Å². The maximum absolute atomic E-state index is 15.1. The molecule has 0 N–H and O–H groups in total. The van der Waals surface area contributed by atoms with Gasteiger partial charge in [0.2, 0.25) is 0 Å². The Labute approximate surface area is 136 Å². The van der Waals surface area contributed by atoms with Gasteiger partial charge in [-0.3, -0.25) is 4.79 Å². The summed E-state index contributed by atoms with van der Waals surface area (Å²) in [5.74, 6) is -1.40. The molecule has 0 spiro atoms. The lowest BCUT2D eigenvalue weighted by molar-refractivity contribution is 0.104. The van der Waals surface area contributed by atoms with E-state index in [9.17, 15) is 4.79 Å². The SMILES string of the molecule is O=C1c2cc3ccccc3c(F)c2-c2c1cc1ccccc1c2F. The van der Waals surface area contributed by atoms with Crippen molar-refractivity contribution in [1.29, 1.82) is 0 Å². The number of fused-ring (bicyclic) bond motifs is 5. The number of halogens is 2. The van der Waals surface area contributed by atoms with Crippen molar-refractivity contribution in [2.45, 2.75) is 0 Å². The molecular weight excluding hydrogens is 306 g/mol. The highest BCUT2D eigenvalue weighted by Gasteiger charge is 2.34. The topological polar surface area (TPSA) is 17.1 Å². The van der Waals surface area contributed by atoms with Gasteiger partial charge in [0.25, 0.3) is 0 Å². The number of benzene rings is 4. The Morgan fingerprint density at radius 1 is 0.625 bits per heavy atom. The van der Waals surface area contributed by atoms with E-state index < -0.39 is 11.6 Å². The summed E-state index contributed by atoms with van der Waals surface area (Å²) in [6.07, 6.45) is 0. The maximum atomic E-state index is 15.1. The molecule has 0 heterocycles. The Hall–Kier alpha value is -3.07. The predicted octanol–water partition coefficient (Wildman–Crippen LogP) is 5.48. The van der Waals surface area contributed by atoms with E-state index in [1.54, 1.807) is 60.7 Å². The Kier molecular flexibility index (Phi) is 2.50. The third-order valence-corrected chi connectivity index (χ3v) is 4.71. The number of hydrogen-bond acceptors (Lipinski definition) is 1. The highest BCUT2D eigenvalue weighted by Crippen LogP contribution is 2.44. The third-order valence-electron chi connectivity index (χ3n) is 4.71. The summed E-state index contributed by atoms with van der Waals surface area (Å²) in [5, 5.41) is 2.06. The molecule has 0 aliphatic heterocycles. The van der Waals surface area contributed by atoms with Gasteiger partial charge < -0.3 is 0 Å². The first-order chi connectivity index (χ1) is 11.7. The highest BCUT2D eigenvalue weighted by atomic mass is 19.1. The van der Waals surface area contributed by atoms with E-state index in [1.165, 1.54) is 0 Å². The molecule has 0 amide bonds. The fourth-order valence-electron chi connectivity index (χ4n) is 3.60. The average molecular weight is 316 g/mol. The van der Waals surface area contributed by atoms with Crippen LogP contribution in [0.1, 0.15) is 15.9 Å². The van der Waals surface area contributed by atoms with Crippen LogP contribution in [0.3, 0.4) is 0 Å². The first kappa shape index (κ1) is 13.4. The molecule has 1 aliphatic carbocycles. The number of carbonyl (C=O) groups excluding carboxylic acids is 1. The quantitative estimate of drug-likeness (QED) is 0.369. The molecule has 0 atom stereocenters. The highest BCUT2D eigenvalue weighted by molar-refractivity contribution is 6.25. The maximum Gasteiger partial charge on any atom is 0.194 e. The van der Waals surface area contributed by atoms with Crippen LogP contribution in [0.25, 0.3) is 32.7 Å². The molecule has 1 nitrogen and oxygen atoms in total. The zero-order valence-electron chi connectivity index (χ0n) is 12.4. The number of hydrogen-bond donors (Lipinski definition) is 0. The van der Waals surface area contributed by atoms with Crippen LogP contribution in [-0.4, -0.2) is 5.78 Å². The second kappa shape index (κ2) is 4.48. The molecule has 114 valence electrons. The van der Waals surface area contributed by atoms with Crippen LogP contribution in [0.15, 0.2) is 60.7 Å². The molecule has 5 rings (SSSR count). The lowest BCUT2D eigenvalue weighted by Gasteiger charge is -2.08. The van der Waals surface area contributed by atoms with E-state index in [-0.39, 0.29) is 28.0 Å². The molecule has 1 aliphatic rings. The molecule has 4 aromatic carbocycles. The minimum absolute atomic E-state index is 0.0805. The molecule has 0 fully saturated rings. The van der Waals surface area contributed by atoms with E-state index >= 15 is 8.78 Å². The monoisotopic (exact) mass is 316 g/mol. The second-order valence-electron chi connectivity index (χ2n) is 6.00. The zero-order chi connectivity index (χ0) is 16.4. The normalized spacial score (nSPS) is 12.7. The van der Waals surface area contributed by atoms with Gasteiger partial charge in [0, 0.05) is 33.0 Å². The van der Waals surface area contributed by atoms with Crippen LogP contribution in [0.2, 0.25) is 0 Å². The molecule has 0 unspecified atom stereocenters. The standard InChI is InChI=1S/C21H10F2O/c22-19-13-7-3-1-5-11(13)9-15-17(19)18-16(21(15)24)10-12-6-2-4-8-14(12)20(18)23/h1-10H.